The fourth-order valence-corrected chi connectivity index (χ4v) is 7.24. The van der Waals surface area contributed by atoms with Gasteiger partial charge in [0.15, 0.2) is 0 Å². The van der Waals surface area contributed by atoms with E-state index < -0.39 is 0 Å². The number of benzene rings is 1. The summed E-state index contributed by atoms with van der Waals surface area (Å²) in [6.45, 7) is 4.71. The number of nitrogens with one attached hydrogen (secondary N) is 1. The zero-order chi connectivity index (χ0) is 21.8. The molecule has 3 aliphatic carbocycles. The summed E-state index contributed by atoms with van der Waals surface area (Å²) in [5.74, 6) is 1.84. The van der Waals surface area contributed by atoms with Crippen LogP contribution in [0.4, 0.5) is 5.69 Å². The molecule has 5 nitrogen and oxygen atoms in total. The molecule has 1 aromatic carbocycles. The maximum atomic E-state index is 12.6. The molecule has 31 heavy (non-hydrogen) atoms. The first kappa shape index (κ1) is 20.6. The highest BCUT2D eigenvalue weighted by molar-refractivity contribution is 5.89. The number of allylic oxidation sites excluding steroid dienone is 1. The number of rotatable bonds is 2. The van der Waals surface area contributed by atoms with Gasteiger partial charge in [0.25, 0.3) is 0 Å². The molecule has 1 amide bonds. The van der Waals surface area contributed by atoms with E-state index in [-0.39, 0.29) is 28.9 Å². The van der Waals surface area contributed by atoms with Crippen molar-refractivity contribution in [3.8, 4) is 0 Å². The van der Waals surface area contributed by atoms with Gasteiger partial charge in [-0.25, -0.2) is 4.79 Å². The normalized spacial score (nSPS) is 39.3. The molecule has 2 saturated carbocycles. The van der Waals surface area contributed by atoms with Crippen LogP contribution < -0.4 is 11.1 Å². The Kier molecular flexibility index (Phi) is 4.91. The highest BCUT2D eigenvalue weighted by Gasteiger charge is 2.56. The number of amides is 1. The van der Waals surface area contributed by atoms with Gasteiger partial charge in [-0.3, -0.25) is 4.79 Å². The Morgan fingerprint density at radius 2 is 1.87 bits per heavy atom. The molecule has 0 unspecified atom stereocenters. The highest BCUT2D eigenvalue weighted by Crippen LogP contribution is 2.60. The van der Waals surface area contributed by atoms with Gasteiger partial charge < -0.3 is 15.8 Å². The number of hydrogen-bond acceptors (Lipinski definition) is 4. The molecular formula is C26H34N2O3. The largest absolute Gasteiger partial charge is 0.458 e. The Morgan fingerprint density at radius 3 is 2.65 bits per heavy atom. The van der Waals surface area contributed by atoms with E-state index in [4.69, 9.17) is 10.5 Å². The van der Waals surface area contributed by atoms with Crippen molar-refractivity contribution in [2.24, 2.45) is 23.2 Å². The second-order valence-electron chi connectivity index (χ2n) is 10.7. The summed E-state index contributed by atoms with van der Waals surface area (Å²) in [5, 5.41) is 3.33. The Hall–Kier alpha value is -2.30. The van der Waals surface area contributed by atoms with Gasteiger partial charge in [0.05, 0.1) is 5.56 Å². The van der Waals surface area contributed by atoms with E-state index in [1.165, 1.54) is 12.0 Å². The Balaban J connectivity index is 1.31. The molecule has 3 N–H and O–H groups in total. The first-order valence-electron chi connectivity index (χ1n) is 11.9. The molecule has 1 heterocycles. The second-order valence-corrected chi connectivity index (χ2v) is 10.7. The van der Waals surface area contributed by atoms with Crippen LogP contribution in [0.15, 0.2) is 35.9 Å². The summed E-state index contributed by atoms with van der Waals surface area (Å²) in [6.07, 6.45) is 10.2. The molecule has 1 aromatic rings. The quantitative estimate of drug-likeness (QED) is 0.414. The minimum Gasteiger partial charge on any atom is -0.458 e. The third-order valence-electron chi connectivity index (χ3n) is 8.98. The lowest BCUT2D eigenvalue weighted by Gasteiger charge is -2.59. The van der Waals surface area contributed by atoms with Gasteiger partial charge in [0.2, 0.25) is 5.91 Å². The van der Waals surface area contributed by atoms with Crippen LogP contribution in [0.3, 0.4) is 0 Å². The van der Waals surface area contributed by atoms with Crippen LogP contribution in [-0.2, 0) is 9.53 Å². The molecule has 0 bridgehead atoms. The lowest BCUT2D eigenvalue weighted by molar-refractivity contribution is -0.131. The van der Waals surface area contributed by atoms with E-state index in [0.29, 0.717) is 35.4 Å². The molecule has 4 aliphatic rings. The predicted octanol–water partition coefficient (Wildman–Crippen LogP) is 4.63. The molecule has 0 spiro atoms. The van der Waals surface area contributed by atoms with E-state index in [1.54, 1.807) is 24.3 Å². The number of anilines is 1. The minimum atomic E-state index is -0.255. The van der Waals surface area contributed by atoms with E-state index in [1.807, 2.05) is 0 Å². The number of carbonyl (C=O) groups excluding carboxylic acids is 2. The molecule has 1 saturated heterocycles. The maximum absolute atomic E-state index is 12.6. The number of carbonyl (C=O) groups is 2. The van der Waals surface area contributed by atoms with E-state index in [9.17, 15) is 9.59 Å². The monoisotopic (exact) mass is 422 g/mol. The van der Waals surface area contributed by atoms with Gasteiger partial charge in [-0.1, -0.05) is 18.6 Å². The van der Waals surface area contributed by atoms with Crippen LogP contribution in [0.1, 0.15) is 75.6 Å². The van der Waals surface area contributed by atoms with Gasteiger partial charge in [0.1, 0.15) is 6.10 Å². The lowest BCUT2D eigenvalue weighted by Crippen LogP contribution is -2.62. The smallest absolute Gasteiger partial charge is 0.338 e. The van der Waals surface area contributed by atoms with E-state index in [0.717, 1.165) is 38.5 Å². The Bertz CT molecular complexity index is 923. The molecule has 0 aromatic heterocycles. The van der Waals surface area contributed by atoms with Crippen LogP contribution in [0.25, 0.3) is 0 Å². The van der Waals surface area contributed by atoms with Crippen molar-refractivity contribution >= 4 is 17.6 Å². The van der Waals surface area contributed by atoms with Crippen molar-refractivity contribution in [1.29, 1.82) is 0 Å². The molecule has 6 atom stereocenters. The van der Waals surface area contributed by atoms with Crippen molar-refractivity contribution in [3.63, 3.8) is 0 Å². The molecule has 1 aliphatic heterocycles. The lowest BCUT2D eigenvalue weighted by atomic mass is 9.48. The molecule has 166 valence electrons. The van der Waals surface area contributed by atoms with Crippen LogP contribution in [0.5, 0.6) is 0 Å². The van der Waals surface area contributed by atoms with Crippen molar-refractivity contribution in [2.45, 2.75) is 76.9 Å². The van der Waals surface area contributed by atoms with Crippen molar-refractivity contribution in [3.05, 3.63) is 41.5 Å². The number of fused-ring (bicyclic) bond motifs is 5. The zero-order valence-electron chi connectivity index (χ0n) is 18.7. The van der Waals surface area contributed by atoms with Crippen LogP contribution in [0, 0.1) is 23.2 Å². The third-order valence-corrected chi connectivity index (χ3v) is 8.98. The summed E-state index contributed by atoms with van der Waals surface area (Å²) in [5.41, 5.74) is 8.57. The molecule has 5 rings (SSSR count). The molecule has 3 fully saturated rings. The maximum Gasteiger partial charge on any atom is 0.338 e. The highest BCUT2D eigenvalue weighted by atomic mass is 16.5. The molecule has 0 radical (unpaired) electrons. The standard InChI is InChI=1S/C26H34N2O3/c1-25-13-11-19(31-24(30)16-3-6-18(27)7-4-16)15-17(25)5-8-20-21(25)12-14-26(2)22(20)9-10-23(29)28-26/h3-7,19-22H,8-15,27H2,1-2H3,(H,28,29)/t19-,20+,21-,22-,25-,26-/m0/s1. The van der Waals surface area contributed by atoms with Gasteiger partial charge in [-0.2, -0.15) is 0 Å². The predicted molar refractivity (Wildman–Crippen MR) is 120 cm³/mol. The van der Waals surface area contributed by atoms with Gasteiger partial charge in [0, 0.05) is 24.1 Å². The summed E-state index contributed by atoms with van der Waals surface area (Å²) in [4.78, 5) is 24.6. The summed E-state index contributed by atoms with van der Waals surface area (Å²) in [6, 6.07) is 6.94. The summed E-state index contributed by atoms with van der Waals surface area (Å²) < 4.78 is 5.89. The topological polar surface area (TPSA) is 81.4 Å². The SMILES string of the molecule is C[C@]12CC[C@H](OC(=O)c3ccc(N)cc3)CC1=CC[C@@H]1[C@@H]2CC[C@]2(C)NC(=O)CC[C@@H]12. The van der Waals surface area contributed by atoms with Gasteiger partial charge >= 0.3 is 5.97 Å². The number of ether oxygens (including phenoxy) is 1. The fourth-order valence-electron chi connectivity index (χ4n) is 7.24. The Morgan fingerprint density at radius 1 is 1.10 bits per heavy atom. The minimum absolute atomic E-state index is 0.0377. The number of piperidine rings is 1. The molecular weight excluding hydrogens is 388 g/mol. The second kappa shape index (κ2) is 7.39. The van der Waals surface area contributed by atoms with Crippen molar-refractivity contribution < 1.29 is 14.3 Å². The first-order chi connectivity index (χ1) is 14.8. The number of esters is 1. The van der Waals surface area contributed by atoms with E-state index >= 15 is 0 Å². The van der Waals surface area contributed by atoms with Crippen LogP contribution >= 0.6 is 0 Å². The van der Waals surface area contributed by atoms with Crippen LogP contribution in [-0.4, -0.2) is 23.5 Å². The summed E-state index contributed by atoms with van der Waals surface area (Å²) in [7, 11) is 0. The van der Waals surface area contributed by atoms with E-state index in [2.05, 4.69) is 25.2 Å². The van der Waals surface area contributed by atoms with Crippen molar-refractivity contribution in [1.82, 2.24) is 5.32 Å². The molecule has 5 heteroatoms. The third kappa shape index (κ3) is 3.46. The van der Waals surface area contributed by atoms with Crippen LogP contribution in [0.2, 0.25) is 0 Å². The average Bonchev–Trinajstić information content (AvgIpc) is 2.73. The first-order valence-corrected chi connectivity index (χ1v) is 11.9. The average molecular weight is 423 g/mol. The van der Waals surface area contributed by atoms with Crippen molar-refractivity contribution in [2.75, 3.05) is 5.73 Å². The van der Waals surface area contributed by atoms with Gasteiger partial charge in [-0.15, -0.1) is 0 Å². The summed E-state index contributed by atoms with van der Waals surface area (Å²) >= 11 is 0. The number of hydrogen-bond donors (Lipinski definition) is 2. The zero-order valence-corrected chi connectivity index (χ0v) is 18.7. The number of nitrogens with two attached hydrogens (primary N) is 1. The fraction of sp³-hybridized carbons (Fsp3) is 0.615. The number of nitrogen functional groups attached to an aromatic ring is 1. The Labute approximate surface area is 184 Å². The van der Waals surface area contributed by atoms with Gasteiger partial charge in [-0.05, 0) is 92.9 Å².